The van der Waals surface area contributed by atoms with Crippen molar-refractivity contribution in [2.75, 3.05) is 18.0 Å². The van der Waals surface area contributed by atoms with Gasteiger partial charge in [-0.2, -0.15) is 0 Å². The quantitative estimate of drug-likeness (QED) is 0.893. The first-order chi connectivity index (χ1) is 11.6. The van der Waals surface area contributed by atoms with E-state index in [9.17, 15) is 4.79 Å². The molecule has 0 aromatic heterocycles. The molecule has 0 spiro atoms. The zero-order chi connectivity index (χ0) is 16.8. The van der Waals surface area contributed by atoms with Crippen LogP contribution in [0, 0.1) is 11.8 Å². The van der Waals surface area contributed by atoms with Crippen molar-refractivity contribution in [1.29, 1.82) is 0 Å². The van der Waals surface area contributed by atoms with E-state index in [-0.39, 0.29) is 5.91 Å². The summed E-state index contributed by atoms with van der Waals surface area (Å²) in [6, 6.07) is 7.16. The Kier molecular flexibility index (Phi) is 4.00. The lowest BCUT2D eigenvalue weighted by Crippen LogP contribution is -2.49. The maximum atomic E-state index is 12.4. The summed E-state index contributed by atoms with van der Waals surface area (Å²) >= 11 is 0. The summed E-state index contributed by atoms with van der Waals surface area (Å²) in [5, 5.41) is 3.38. The van der Waals surface area contributed by atoms with E-state index in [1.54, 1.807) is 6.92 Å². The molecule has 0 radical (unpaired) electrons. The minimum atomic E-state index is 0.195. The molecule has 1 N–H and O–H groups in total. The molecule has 3 heteroatoms. The number of hydrogen-bond donors (Lipinski definition) is 1. The zero-order valence-electron chi connectivity index (χ0n) is 15.0. The second-order valence-corrected chi connectivity index (χ2v) is 7.82. The Bertz CT molecular complexity index is 689. The van der Waals surface area contributed by atoms with Crippen LogP contribution in [-0.2, 0) is 4.79 Å². The van der Waals surface area contributed by atoms with Crippen molar-refractivity contribution in [2.24, 2.45) is 11.8 Å². The van der Waals surface area contributed by atoms with Gasteiger partial charge in [-0.3, -0.25) is 4.79 Å². The van der Waals surface area contributed by atoms with E-state index in [0.29, 0.717) is 23.8 Å². The van der Waals surface area contributed by atoms with Crippen LogP contribution in [0.4, 0.5) is 5.69 Å². The zero-order valence-corrected chi connectivity index (χ0v) is 15.0. The number of carbonyl (C=O) groups is 1. The topological polar surface area (TPSA) is 32.3 Å². The van der Waals surface area contributed by atoms with E-state index in [2.05, 4.69) is 48.3 Å². The van der Waals surface area contributed by atoms with Crippen LogP contribution in [0.3, 0.4) is 0 Å². The lowest BCUT2D eigenvalue weighted by molar-refractivity contribution is -0.117. The molecule has 3 nitrogen and oxygen atoms in total. The third-order valence-electron chi connectivity index (χ3n) is 6.28. The Hall–Kier alpha value is -1.61. The maximum absolute atomic E-state index is 12.4. The largest absolute Gasteiger partial charge is 0.313 e. The number of fused-ring (bicyclic) bond motifs is 1. The Labute approximate surface area is 145 Å². The lowest BCUT2D eigenvalue weighted by atomic mass is 9.76. The van der Waals surface area contributed by atoms with Crippen molar-refractivity contribution in [3.8, 4) is 0 Å². The highest BCUT2D eigenvalue weighted by molar-refractivity contribution is 5.94. The molecule has 2 heterocycles. The summed E-state index contributed by atoms with van der Waals surface area (Å²) < 4.78 is 0. The van der Waals surface area contributed by atoms with E-state index in [0.717, 1.165) is 25.2 Å². The normalized spacial score (nSPS) is 29.9. The second-order valence-electron chi connectivity index (χ2n) is 7.82. The fraction of sp³-hybridized carbons (Fsp3) is 0.571. The van der Waals surface area contributed by atoms with Crippen LogP contribution >= 0.6 is 0 Å². The molecule has 0 saturated heterocycles. The van der Waals surface area contributed by atoms with Gasteiger partial charge in [0, 0.05) is 25.2 Å². The monoisotopic (exact) mass is 324 g/mol. The summed E-state index contributed by atoms with van der Waals surface area (Å²) in [4.78, 5) is 14.6. The Morgan fingerprint density at radius 2 is 2.04 bits per heavy atom. The van der Waals surface area contributed by atoms with E-state index in [4.69, 9.17) is 0 Å². The van der Waals surface area contributed by atoms with Crippen LogP contribution in [0.15, 0.2) is 24.3 Å². The molecule has 1 aromatic carbocycles. The lowest BCUT2D eigenvalue weighted by Gasteiger charge is -2.44. The van der Waals surface area contributed by atoms with Crippen molar-refractivity contribution in [2.45, 2.75) is 52.0 Å². The number of rotatable bonds is 2. The number of hydrogen-bond acceptors (Lipinski definition) is 2. The van der Waals surface area contributed by atoms with Crippen LogP contribution in [0.5, 0.6) is 0 Å². The minimum Gasteiger partial charge on any atom is -0.313 e. The van der Waals surface area contributed by atoms with Gasteiger partial charge in [-0.1, -0.05) is 26.0 Å². The third-order valence-corrected chi connectivity index (χ3v) is 6.28. The van der Waals surface area contributed by atoms with Crippen LogP contribution in [0.1, 0.15) is 57.1 Å². The molecule has 3 unspecified atom stereocenters. The predicted molar refractivity (Wildman–Crippen MR) is 99.2 cm³/mol. The van der Waals surface area contributed by atoms with Gasteiger partial charge in [-0.25, -0.2) is 0 Å². The molecule has 1 aromatic rings. The molecule has 1 saturated carbocycles. The molecule has 128 valence electrons. The Morgan fingerprint density at radius 3 is 2.67 bits per heavy atom. The number of nitrogens with one attached hydrogen (secondary N) is 1. The van der Waals surface area contributed by atoms with Gasteiger partial charge in [-0.15, -0.1) is 0 Å². The molecule has 3 atom stereocenters. The second kappa shape index (κ2) is 6.03. The first kappa shape index (κ1) is 15.9. The smallest absolute Gasteiger partial charge is 0.224 e. The Balaban J connectivity index is 1.77. The fourth-order valence-corrected chi connectivity index (χ4v) is 4.66. The number of benzene rings is 1. The van der Waals surface area contributed by atoms with E-state index in [1.165, 1.54) is 29.5 Å². The standard InChI is InChI=1S/C21H28N2O/c1-13-14(2)21(17-4-5-17)23(15(3)24)20-7-6-18(12-19(13)20)16-8-10-22-11-9-16/h6-8,12-14,17,21-22H,4-5,9-11H2,1-3H3. The molecular formula is C21H28N2O. The summed E-state index contributed by atoms with van der Waals surface area (Å²) in [6.45, 7) is 8.42. The average Bonchev–Trinajstić information content (AvgIpc) is 3.42. The number of nitrogens with zero attached hydrogens (tertiary/aromatic N) is 1. The highest BCUT2D eigenvalue weighted by Crippen LogP contribution is 2.50. The average molecular weight is 324 g/mol. The number of carbonyl (C=O) groups excluding carboxylic acids is 1. The SMILES string of the molecule is CC(=O)N1c2ccc(C3=CCNCC3)cc2C(C)C(C)C1C1CC1. The van der Waals surface area contributed by atoms with Crippen LogP contribution in [-0.4, -0.2) is 25.0 Å². The number of anilines is 1. The fourth-order valence-electron chi connectivity index (χ4n) is 4.66. The van der Waals surface area contributed by atoms with E-state index < -0.39 is 0 Å². The number of amides is 1. The van der Waals surface area contributed by atoms with Gasteiger partial charge in [0.2, 0.25) is 5.91 Å². The Morgan fingerprint density at radius 1 is 1.25 bits per heavy atom. The van der Waals surface area contributed by atoms with E-state index in [1.807, 2.05) is 0 Å². The van der Waals surface area contributed by atoms with Crippen molar-refractivity contribution >= 4 is 17.2 Å². The molecule has 1 aliphatic carbocycles. The predicted octanol–water partition coefficient (Wildman–Crippen LogP) is 3.95. The van der Waals surface area contributed by atoms with Crippen LogP contribution < -0.4 is 10.2 Å². The summed E-state index contributed by atoms with van der Waals surface area (Å²) in [5.41, 5.74) is 5.28. The summed E-state index contributed by atoms with van der Waals surface area (Å²) in [5.74, 6) is 1.92. The molecule has 1 amide bonds. The van der Waals surface area contributed by atoms with Crippen molar-refractivity contribution in [1.82, 2.24) is 5.32 Å². The van der Waals surface area contributed by atoms with Crippen LogP contribution in [0.2, 0.25) is 0 Å². The van der Waals surface area contributed by atoms with Gasteiger partial charge in [0.15, 0.2) is 0 Å². The third kappa shape index (κ3) is 2.59. The minimum absolute atomic E-state index is 0.195. The molecule has 24 heavy (non-hydrogen) atoms. The molecule has 2 aliphatic heterocycles. The first-order valence-electron chi connectivity index (χ1n) is 9.42. The summed E-state index contributed by atoms with van der Waals surface area (Å²) in [7, 11) is 0. The van der Waals surface area contributed by atoms with Crippen molar-refractivity contribution in [3.05, 3.63) is 35.4 Å². The van der Waals surface area contributed by atoms with Gasteiger partial charge in [0.25, 0.3) is 0 Å². The highest BCUT2D eigenvalue weighted by atomic mass is 16.2. The molecule has 4 rings (SSSR count). The van der Waals surface area contributed by atoms with Gasteiger partial charge in [-0.05, 0) is 72.4 Å². The van der Waals surface area contributed by atoms with Gasteiger partial charge in [0.05, 0.1) is 0 Å². The molecule has 3 aliphatic rings. The van der Waals surface area contributed by atoms with E-state index >= 15 is 0 Å². The molecular weight excluding hydrogens is 296 g/mol. The van der Waals surface area contributed by atoms with Gasteiger partial charge >= 0.3 is 0 Å². The van der Waals surface area contributed by atoms with Gasteiger partial charge in [0.1, 0.15) is 0 Å². The molecule has 0 bridgehead atoms. The highest BCUT2D eigenvalue weighted by Gasteiger charge is 2.46. The molecule has 1 fully saturated rings. The van der Waals surface area contributed by atoms with Crippen LogP contribution in [0.25, 0.3) is 5.57 Å². The summed E-state index contributed by atoms with van der Waals surface area (Å²) in [6.07, 6.45) is 5.94. The van der Waals surface area contributed by atoms with Gasteiger partial charge < -0.3 is 10.2 Å². The van der Waals surface area contributed by atoms with Crippen molar-refractivity contribution in [3.63, 3.8) is 0 Å². The first-order valence-corrected chi connectivity index (χ1v) is 9.42. The van der Waals surface area contributed by atoms with Crippen molar-refractivity contribution < 1.29 is 4.79 Å². The maximum Gasteiger partial charge on any atom is 0.224 e.